The first-order chi connectivity index (χ1) is 11.7. The van der Waals surface area contributed by atoms with Crippen LogP contribution in [-0.2, 0) is 9.47 Å². The molecule has 2 amide bonds. The van der Waals surface area contributed by atoms with E-state index in [2.05, 4.69) is 15.5 Å². The van der Waals surface area contributed by atoms with Gasteiger partial charge >= 0.3 is 0 Å². The Kier molecular flexibility index (Phi) is 7.67. The van der Waals surface area contributed by atoms with E-state index in [4.69, 9.17) is 9.47 Å². The van der Waals surface area contributed by atoms with Gasteiger partial charge in [-0.05, 0) is 18.2 Å². The molecule has 132 valence electrons. The topological polar surface area (TPSA) is 79.9 Å². The first-order valence-corrected chi connectivity index (χ1v) is 8.16. The smallest absolute Gasteiger partial charge is 0.251 e. The molecule has 1 saturated heterocycles. The Hall–Kier alpha value is -1.96. The van der Waals surface area contributed by atoms with Crippen molar-refractivity contribution in [3.05, 3.63) is 35.4 Å². The average Bonchev–Trinajstić information content (AvgIpc) is 2.63. The number of ether oxygens (including phenoxy) is 2. The lowest BCUT2D eigenvalue weighted by molar-refractivity contribution is 0.0383. The Labute approximate surface area is 142 Å². The fraction of sp³-hybridized carbons (Fsp3) is 0.529. The van der Waals surface area contributed by atoms with Crippen LogP contribution in [0.5, 0.6) is 0 Å². The van der Waals surface area contributed by atoms with Gasteiger partial charge in [-0.1, -0.05) is 6.07 Å². The molecule has 0 saturated carbocycles. The Bertz CT molecular complexity index is 544. The van der Waals surface area contributed by atoms with Crippen molar-refractivity contribution in [2.75, 3.05) is 59.7 Å². The van der Waals surface area contributed by atoms with E-state index < -0.39 is 0 Å². The molecule has 1 fully saturated rings. The lowest BCUT2D eigenvalue weighted by Crippen LogP contribution is -2.41. The third-order valence-electron chi connectivity index (χ3n) is 3.80. The van der Waals surface area contributed by atoms with Gasteiger partial charge in [0.1, 0.15) is 0 Å². The number of nitrogens with one attached hydrogen (secondary N) is 2. The molecule has 0 bridgehead atoms. The zero-order chi connectivity index (χ0) is 17.2. The molecular formula is C17H25N3O4. The van der Waals surface area contributed by atoms with Gasteiger partial charge < -0.3 is 20.1 Å². The molecular weight excluding hydrogens is 310 g/mol. The highest BCUT2D eigenvalue weighted by Crippen LogP contribution is 2.05. The molecule has 0 radical (unpaired) electrons. The van der Waals surface area contributed by atoms with E-state index in [1.165, 1.54) is 0 Å². The lowest BCUT2D eigenvalue weighted by Gasteiger charge is -2.26. The second-order valence-electron chi connectivity index (χ2n) is 5.54. The SMILES string of the molecule is COCCNC(=O)c1cccc(C(=O)NCCN2CCOCC2)c1. The maximum atomic E-state index is 12.2. The number of nitrogens with zero attached hydrogens (tertiary/aromatic N) is 1. The largest absolute Gasteiger partial charge is 0.383 e. The monoisotopic (exact) mass is 335 g/mol. The van der Waals surface area contributed by atoms with Crippen molar-refractivity contribution in [3.8, 4) is 0 Å². The molecule has 0 spiro atoms. The Morgan fingerprint density at radius 3 is 2.38 bits per heavy atom. The van der Waals surface area contributed by atoms with E-state index >= 15 is 0 Å². The number of morpholine rings is 1. The summed E-state index contributed by atoms with van der Waals surface area (Å²) in [6.07, 6.45) is 0. The zero-order valence-electron chi connectivity index (χ0n) is 14.0. The quantitative estimate of drug-likeness (QED) is 0.660. The number of benzene rings is 1. The summed E-state index contributed by atoms with van der Waals surface area (Å²) < 4.78 is 10.2. The van der Waals surface area contributed by atoms with Crippen molar-refractivity contribution in [2.24, 2.45) is 0 Å². The second-order valence-corrected chi connectivity index (χ2v) is 5.54. The van der Waals surface area contributed by atoms with Gasteiger partial charge in [0.25, 0.3) is 11.8 Å². The normalized spacial score (nSPS) is 15.0. The van der Waals surface area contributed by atoms with E-state index in [9.17, 15) is 9.59 Å². The van der Waals surface area contributed by atoms with Crippen molar-refractivity contribution >= 4 is 11.8 Å². The molecule has 2 rings (SSSR count). The third-order valence-corrected chi connectivity index (χ3v) is 3.80. The maximum absolute atomic E-state index is 12.2. The van der Waals surface area contributed by atoms with Crippen molar-refractivity contribution < 1.29 is 19.1 Å². The van der Waals surface area contributed by atoms with Crippen LogP contribution in [0, 0.1) is 0 Å². The number of carbonyl (C=O) groups is 2. The third kappa shape index (κ3) is 5.92. The fourth-order valence-electron chi connectivity index (χ4n) is 2.42. The van der Waals surface area contributed by atoms with Gasteiger partial charge in [0, 0.05) is 51.0 Å². The minimum atomic E-state index is -0.213. The standard InChI is InChI=1S/C17H25N3O4/c1-23-10-6-19-17(22)15-4-2-3-14(13-15)16(21)18-5-7-20-8-11-24-12-9-20/h2-4,13H,5-12H2,1H3,(H,18,21)(H,19,22). The van der Waals surface area contributed by atoms with E-state index in [1.807, 2.05) is 0 Å². The van der Waals surface area contributed by atoms with Crippen LogP contribution in [0.2, 0.25) is 0 Å². The minimum absolute atomic E-state index is 0.171. The molecule has 2 N–H and O–H groups in total. The highest BCUT2D eigenvalue weighted by atomic mass is 16.5. The van der Waals surface area contributed by atoms with E-state index in [1.54, 1.807) is 31.4 Å². The van der Waals surface area contributed by atoms with Gasteiger partial charge in [0.05, 0.1) is 19.8 Å². The molecule has 1 aliphatic rings. The number of hydrogen-bond donors (Lipinski definition) is 2. The molecule has 1 aliphatic heterocycles. The highest BCUT2D eigenvalue weighted by Gasteiger charge is 2.12. The molecule has 1 heterocycles. The van der Waals surface area contributed by atoms with Crippen LogP contribution in [-0.4, -0.2) is 76.4 Å². The van der Waals surface area contributed by atoms with Crippen LogP contribution in [0.1, 0.15) is 20.7 Å². The lowest BCUT2D eigenvalue weighted by atomic mass is 10.1. The van der Waals surface area contributed by atoms with Crippen LogP contribution in [0.4, 0.5) is 0 Å². The molecule has 0 aliphatic carbocycles. The van der Waals surface area contributed by atoms with E-state index in [0.717, 1.165) is 32.8 Å². The molecule has 0 atom stereocenters. The van der Waals surface area contributed by atoms with E-state index in [-0.39, 0.29) is 11.8 Å². The first kappa shape index (κ1) is 18.4. The Balaban J connectivity index is 1.80. The van der Waals surface area contributed by atoms with Gasteiger partial charge in [0.2, 0.25) is 0 Å². The summed E-state index contributed by atoms with van der Waals surface area (Å²) in [6.45, 7) is 5.54. The molecule has 1 aromatic carbocycles. The zero-order valence-corrected chi connectivity index (χ0v) is 14.0. The highest BCUT2D eigenvalue weighted by molar-refractivity contribution is 5.99. The number of carbonyl (C=O) groups excluding carboxylic acids is 2. The number of amides is 2. The Morgan fingerprint density at radius 1 is 1.12 bits per heavy atom. The first-order valence-electron chi connectivity index (χ1n) is 8.16. The summed E-state index contributed by atoms with van der Waals surface area (Å²) in [7, 11) is 1.58. The fourth-order valence-corrected chi connectivity index (χ4v) is 2.42. The molecule has 0 unspecified atom stereocenters. The summed E-state index contributed by atoms with van der Waals surface area (Å²) >= 11 is 0. The summed E-state index contributed by atoms with van der Waals surface area (Å²) in [5, 5.41) is 5.63. The maximum Gasteiger partial charge on any atom is 0.251 e. The predicted octanol–water partition coefficient (Wildman–Crippen LogP) is 0.125. The second kappa shape index (κ2) is 10.0. The average molecular weight is 335 g/mol. The van der Waals surface area contributed by atoms with E-state index in [0.29, 0.717) is 30.8 Å². The summed E-state index contributed by atoms with van der Waals surface area (Å²) in [5.74, 6) is -0.384. The van der Waals surface area contributed by atoms with Crippen molar-refractivity contribution in [3.63, 3.8) is 0 Å². The molecule has 7 nitrogen and oxygen atoms in total. The van der Waals surface area contributed by atoms with Gasteiger partial charge in [-0.3, -0.25) is 14.5 Å². The molecule has 24 heavy (non-hydrogen) atoms. The van der Waals surface area contributed by atoms with Crippen LogP contribution in [0.25, 0.3) is 0 Å². The molecule has 1 aromatic rings. The van der Waals surface area contributed by atoms with Crippen LogP contribution in [0.15, 0.2) is 24.3 Å². The van der Waals surface area contributed by atoms with Crippen molar-refractivity contribution in [1.82, 2.24) is 15.5 Å². The predicted molar refractivity (Wildman–Crippen MR) is 90.2 cm³/mol. The molecule has 0 aromatic heterocycles. The summed E-state index contributed by atoms with van der Waals surface area (Å²) in [6, 6.07) is 6.71. The van der Waals surface area contributed by atoms with Crippen LogP contribution in [0.3, 0.4) is 0 Å². The van der Waals surface area contributed by atoms with Crippen LogP contribution >= 0.6 is 0 Å². The van der Waals surface area contributed by atoms with Gasteiger partial charge in [-0.25, -0.2) is 0 Å². The van der Waals surface area contributed by atoms with Gasteiger partial charge in [0.15, 0.2) is 0 Å². The number of rotatable bonds is 8. The molecule has 7 heteroatoms. The number of methoxy groups -OCH3 is 1. The minimum Gasteiger partial charge on any atom is -0.383 e. The summed E-state index contributed by atoms with van der Waals surface area (Å²) in [4.78, 5) is 26.5. The van der Waals surface area contributed by atoms with Crippen molar-refractivity contribution in [2.45, 2.75) is 0 Å². The Morgan fingerprint density at radius 2 is 1.75 bits per heavy atom. The van der Waals surface area contributed by atoms with Crippen molar-refractivity contribution in [1.29, 1.82) is 0 Å². The number of hydrogen-bond acceptors (Lipinski definition) is 5. The van der Waals surface area contributed by atoms with Gasteiger partial charge in [-0.2, -0.15) is 0 Å². The summed E-state index contributed by atoms with van der Waals surface area (Å²) in [5.41, 5.74) is 0.948. The van der Waals surface area contributed by atoms with Crippen LogP contribution < -0.4 is 10.6 Å². The van der Waals surface area contributed by atoms with Gasteiger partial charge in [-0.15, -0.1) is 0 Å².